The number of guanidine groups is 1. The van der Waals surface area contributed by atoms with Crippen LogP contribution in [0.2, 0.25) is 0 Å². The molecule has 0 radical (unpaired) electrons. The van der Waals surface area contributed by atoms with Gasteiger partial charge in [-0.1, -0.05) is 42.5 Å². The topological polar surface area (TPSA) is 36.9 Å². The second-order valence-electron chi connectivity index (χ2n) is 6.10. The highest BCUT2D eigenvalue weighted by Crippen LogP contribution is 2.19. The minimum atomic E-state index is 0.608. The van der Waals surface area contributed by atoms with Crippen LogP contribution in [0.15, 0.2) is 47.5 Å². The van der Waals surface area contributed by atoms with Gasteiger partial charge in [0.15, 0.2) is 5.96 Å². The van der Waals surface area contributed by atoms with E-state index in [2.05, 4.69) is 57.7 Å². The molecular formula is C19H25N3O. The average Bonchev–Trinajstić information content (AvgIpc) is 3.04. The molecule has 0 aromatic heterocycles. The Balaban J connectivity index is 1.66. The first kappa shape index (κ1) is 15.8. The van der Waals surface area contributed by atoms with Crippen LogP contribution in [-0.4, -0.2) is 44.7 Å². The van der Waals surface area contributed by atoms with E-state index in [4.69, 9.17) is 4.74 Å². The van der Waals surface area contributed by atoms with Crippen LogP contribution >= 0.6 is 0 Å². The molecule has 1 aliphatic rings. The molecule has 1 atom stereocenters. The summed E-state index contributed by atoms with van der Waals surface area (Å²) in [4.78, 5) is 6.78. The lowest BCUT2D eigenvalue weighted by molar-refractivity contribution is 0.157. The van der Waals surface area contributed by atoms with Crippen molar-refractivity contribution in [3.8, 4) is 0 Å². The molecule has 3 rings (SSSR count). The molecule has 0 saturated carbocycles. The molecule has 1 unspecified atom stereocenters. The maximum absolute atomic E-state index is 5.28. The lowest BCUT2D eigenvalue weighted by atomic mass is 10.0. The van der Waals surface area contributed by atoms with E-state index in [-0.39, 0.29) is 0 Å². The fourth-order valence-electron chi connectivity index (χ4n) is 3.35. The summed E-state index contributed by atoms with van der Waals surface area (Å²) in [5, 5.41) is 6.10. The highest BCUT2D eigenvalue weighted by atomic mass is 16.5. The summed E-state index contributed by atoms with van der Waals surface area (Å²) in [6.45, 7) is 3.68. The third-order valence-electron chi connectivity index (χ3n) is 4.52. The van der Waals surface area contributed by atoms with Gasteiger partial charge in [-0.2, -0.15) is 0 Å². The minimum Gasteiger partial charge on any atom is -0.384 e. The van der Waals surface area contributed by atoms with E-state index >= 15 is 0 Å². The molecule has 2 aromatic carbocycles. The first-order chi connectivity index (χ1) is 11.3. The van der Waals surface area contributed by atoms with E-state index in [0.29, 0.717) is 5.92 Å². The highest BCUT2D eigenvalue weighted by Gasteiger charge is 2.24. The van der Waals surface area contributed by atoms with Crippen LogP contribution in [-0.2, 0) is 11.3 Å². The molecule has 1 aliphatic heterocycles. The van der Waals surface area contributed by atoms with E-state index in [1.807, 2.05) is 7.05 Å². The van der Waals surface area contributed by atoms with Gasteiger partial charge in [-0.3, -0.25) is 4.99 Å². The van der Waals surface area contributed by atoms with E-state index in [9.17, 15) is 0 Å². The van der Waals surface area contributed by atoms with E-state index in [1.165, 1.54) is 22.8 Å². The number of nitrogens with zero attached hydrogens (tertiary/aromatic N) is 2. The molecule has 0 spiro atoms. The Labute approximate surface area is 138 Å². The van der Waals surface area contributed by atoms with Gasteiger partial charge >= 0.3 is 0 Å². The zero-order chi connectivity index (χ0) is 16.1. The van der Waals surface area contributed by atoms with Crippen LogP contribution in [0.4, 0.5) is 0 Å². The number of aliphatic imine (C=N–C) groups is 1. The molecule has 1 heterocycles. The maximum Gasteiger partial charge on any atom is 0.193 e. The van der Waals surface area contributed by atoms with Crippen molar-refractivity contribution in [3.05, 3.63) is 48.0 Å². The molecule has 4 nitrogen and oxygen atoms in total. The standard InChI is InChI=1S/C19H25N3O/c1-20-19(22-11-10-15(13-22)14-23-2)21-12-17-8-5-7-16-6-3-4-9-18(16)17/h3-9,15H,10-14H2,1-2H3,(H,20,21). The molecule has 4 heteroatoms. The molecule has 122 valence electrons. The molecule has 2 aromatic rings. The van der Waals surface area contributed by atoms with Gasteiger partial charge in [0.2, 0.25) is 0 Å². The molecule has 0 bridgehead atoms. The number of likely N-dealkylation sites (tertiary alicyclic amines) is 1. The van der Waals surface area contributed by atoms with Gasteiger partial charge in [0.05, 0.1) is 6.61 Å². The summed E-state index contributed by atoms with van der Waals surface area (Å²) in [6.07, 6.45) is 1.17. The Morgan fingerprint density at radius 1 is 1.26 bits per heavy atom. The Morgan fingerprint density at radius 3 is 2.91 bits per heavy atom. The van der Waals surface area contributed by atoms with Crippen molar-refractivity contribution >= 4 is 16.7 Å². The lowest BCUT2D eigenvalue weighted by Crippen LogP contribution is -2.39. The van der Waals surface area contributed by atoms with Crippen LogP contribution < -0.4 is 5.32 Å². The van der Waals surface area contributed by atoms with Gasteiger partial charge in [-0.15, -0.1) is 0 Å². The number of hydrogen-bond acceptors (Lipinski definition) is 2. The smallest absolute Gasteiger partial charge is 0.193 e. The molecular weight excluding hydrogens is 286 g/mol. The zero-order valence-corrected chi connectivity index (χ0v) is 14.0. The van der Waals surface area contributed by atoms with Crippen LogP contribution in [0.1, 0.15) is 12.0 Å². The summed E-state index contributed by atoms with van der Waals surface area (Å²) >= 11 is 0. The predicted octanol–water partition coefficient (Wildman–Crippen LogP) is 2.88. The molecule has 0 aliphatic carbocycles. The van der Waals surface area contributed by atoms with Crippen LogP contribution in [0.25, 0.3) is 10.8 Å². The lowest BCUT2D eigenvalue weighted by Gasteiger charge is -2.22. The summed E-state index contributed by atoms with van der Waals surface area (Å²) in [5.74, 6) is 1.59. The monoisotopic (exact) mass is 311 g/mol. The Kier molecular flexibility index (Phi) is 5.13. The molecule has 0 amide bonds. The van der Waals surface area contributed by atoms with Crippen molar-refractivity contribution in [2.45, 2.75) is 13.0 Å². The average molecular weight is 311 g/mol. The quantitative estimate of drug-likeness (QED) is 0.697. The van der Waals surface area contributed by atoms with Gasteiger partial charge in [0.1, 0.15) is 0 Å². The van der Waals surface area contributed by atoms with Crippen molar-refractivity contribution in [1.29, 1.82) is 0 Å². The fraction of sp³-hybridized carbons (Fsp3) is 0.421. The minimum absolute atomic E-state index is 0.608. The summed E-state index contributed by atoms with van der Waals surface area (Å²) < 4.78 is 5.28. The first-order valence-electron chi connectivity index (χ1n) is 8.23. The van der Waals surface area contributed by atoms with Gasteiger partial charge < -0.3 is 15.0 Å². The third kappa shape index (κ3) is 3.64. The molecule has 23 heavy (non-hydrogen) atoms. The largest absolute Gasteiger partial charge is 0.384 e. The fourth-order valence-corrected chi connectivity index (χ4v) is 3.35. The number of methoxy groups -OCH3 is 1. The highest BCUT2D eigenvalue weighted by molar-refractivity contribution is 5.86. The van der Waals surface area contributed by atoms with Gasteiger partial charge in [0, 0.05) is 39.7 Å². The van der Waals surface area contributed by atoms with E-state index in [0.717, 1.165) is 32.2 Å². The van der Waals surface area contributed by atoms with Gasteiger partial charge in [-0.25, -0.2) is 0 Å². The Bertz CT molecular complexity index is 678. The van der Waals surface area contributed by atoms with Crippen molar-refractivity contribution in [1.82, 2.24) is 10.2 Å². The number of hydrogen-bond donors (Lipinski definition) is 1. The number of rotatable bonds is 4. The number of benzene rings is 2. The molecule has 1 N–H and O–H groups in total. The van der Waals surface area contributed by atoms with Crippen LogP contribution in [0.3, 0.4) is 0 Å². The van der Waals surface area contributed by atoms with Crippen LogP contribution in [0.5, 0.6) is 0 Å². The van der Waals surface area contributed by atoms with Crippen molar-refractivity contribution in [2.24, 2.45) is 10.9 Å². The predicted molar refractivity (Wildman–Crippen MR) is 95.7 cm³/mol. The summed E-state index contributed by atoms with van der Waals surface area (Å²) in [7, 11) is 3.63. The summed E-state index contributed by atoms with van der Waals surface area (Å²) in [5.41, 5.74) is 1.30. The normalized spacial score (nSPS) is 18.6. The third-order valence-corrected chi connectivity index (χ3v) is 4.52. The number of nitrogens with one attached hydrogen (secondary N) is 1. The van der Waals surface area contributed by atoms with E-state index < -0.39 is 0 Å². The van der Waals surface area contributed by atoms with E-state index in [1.54, 1.807) is 7.11 Å². The molecule has 1 fully saturated rings. The van der Waals surface area contributed by atoms with Crippen LogP contribution in [0, 0.1) is 5.92 Å². The SMILES string of the molecule is CN=C(NCc1cccc2ccccc12)N1CCC(COC)C1. The number of fused-ring (bicyclic) bond motifs is 1. The number of ether oxygens (including phenoxy) is 1. The van der Waals surface area contributed by atoms with Gasteiger partial charge in [0.25, 0.3) is 0 Å². The van der Waals surface area contributed by atoms with Crippen molar-refractivity contribution in [3.63, 3.8) is 0 Å². The van der Waals surface area contributed by atoms with Crippen molar-refractivity contribution in [2.75, 3.05) is 33.9 Å². The second kappa shape index (κ2) is 7.47. The van der Waals surface area contributed by atoms with Crippen molar-refractivity contribution < 1.29 is 4.74 Å². The van der Waals surface area contributed by atoms with Gasteiger partial charge in [-0.05, 0) is 22.8 Å². The second-order valence-corrected chi connectivity index (χ2v) is 6.10. The Hall–Kier alpha value is -2.07. The maximum atomic E-state index is 5.28. The molecule has 1 saturated heterocycles. The first-order valence-corrected chi connectivity index (χ1v) is 8.23. The summed E-state index contributed by atoms with van der Waals surface area (Å²) in [6, 6.07) is 15.0. The zero-order valence-electron chi connectivity index (χ0n) is 14.0. The Morgan fingerprint density at radius 2 is 2.09 bits per heavy atom.